The lowest BCUT2D eigenvalue weighted by Gasteiger charge is -2.66. The van der Waals surface area contributed by atoms with Gasteiger partial charge in [-0.1, -0.05) is 6.07 Å². The van der Waals surface area contributed by atoms with Gasteiger partial charge in [0.1, 0.15) is 11.6 Å². The van der Waals surface area contributed by atoms with Crippen molar-refractivity contribution in [2.24, 2.45) is 5.92 Å². The Hall–Kier alpha value is -3.10. The summed E-state index contributed by atoms with van der Waals surface area (Å²) in [7, 11) is 0. The van der Waals surface area contributed by atoms with Gasteiger partial charge in [0.15, 0.2) is 0 Å². The maximum atomic E-state index is 15.4. The van der Waals surface area contributed by atoms with Crippen LogP contribution in [0.25, 0.3) is 21.1 Å². The molecule has 4 aliphatic rings. The van der Waals surface area contributed by atoms with Crippen LogP contribution in [0.2, 0.25) is 0 Å². The molecule has 1 aliphatic heterocycles. The van der Waals surface area contributed by atoms with Crippen LogP contribution in [0.4, 0.5) is 10.2 Å². The highest BCUT2D eigenvalue weighted by Gasteiger charge is 2.61. The first-order chi connectivity index (χ1) is 16.4. The van der Waals surface area contributed by atoms with Crippen molar-refractivity contribution in [3.63, 3.8) is 0 Å². The molecule has 4 aromatic rings. The quantitative estimate of drug-likeness (QED) is 0.431. The van der Waals surface area contributed by atoms with Gasteiger partial charge in [-0.05, 0) is 61.4 Å². The molecule has 1 amide bonds. The molecule has 8 heteroatoms. The number of ether oxygens (including phenoxy) is 1. The second-order valence-corrected chi connectivity index (χ2v) is 10.8. The van der Waals surface area contributed by atoms with Gasteiger partial charge in [0.2, 0.25) is 0 Å². The van der Waals surface area contributed by atoms with Crippen LogP contribution < -0.4 is 5.73 Å². The Labute approximate surface area is 199 Å². The second-order valence-electron chi connectivity index (χ2n) is 9.94. The highest BCUT2D eigenvalue weighted by Crippen LogP contribution is 2.61. The lowest BCUT2D eigenvalue weighted by atomic mass is 9.49. The molecule has 0 spiro atoms. The molecule has 2 bridgehead atoms. The summed E-state index contributed by atoms with van der Waals surface area (Å²) in [6.45, 7) is 2.76. The number of thiazole rings is 1. The minimum atomic E-state index is -0.564. The van der Waals surface area contributed by atoms with E-state index in [0.29, 0.717) is 30.4 Å². The normalized spacial score (nSPS) is 24.6. The number of halogens is 1. The van der Waals surface area contributed by atoms with Crippen molar-refractivity contribution >= 4 is 44.2 Å². The first kappa shape index (κ1) is 20.3. The summed E-state index contributed by atoms with van der Waals surface area (Å²) in [5.74, 6) is 0.222. The summed E-state index contributed by atoms with van der Waals surface area (Å²) in [6, 6.07) is 9.09. The average Bonchev–Trinajstić information content (AvgIpc) is 3.37. The molecule has 6 nitrogen and oxygen atoms in total. The van der Waals surface area contributed by atoms with Crippen molar-refractivity contribution < 1.29 is 13.9 Å². The van der Waals surface area contributed by atoms with Gasteiger partial charge in [0, 0.05) is 29.1 Å². The Kier molecular flexibility index (Phi) is 4.15. The molecule has 2 aromatic carbocycles. The van der Waals surface area contributed by atoms with E-state index in [1.165, 1.54) is 6.07 Å². The van der Waals surface area contributed by atoms with Gasteiger partial charge in [0.25, 0.3) is 5.91 Å². The third-order valence-corrected chi connectivity index (χ3v) is 8.72. The van der Waals surface area contributed by atoms with E-state index in [4.69, 9.17) is 10.5 Å². The van der Waals surface area contributed by atoms with Crippen molar-refractivity contribution in [1.29, 1.82) is 0 Å². The van der Waals surface area contributed by atoms with Gasteiger partial charge >= 0.3 is 0 Å². The Morgan fingerprint density at radius 3 is 2.85 bits per heavy atom. The van der Waals surface area contributed by atoms with Crippen LogP contribution in [-0.2, 0) is 17.9 Å². The number of benzene rings is 2. The number of aromatic nitrogens is 2. The number of nitrogen functional groups attached to an aromatic ring is 1. The molecule has 0 radical (unpaired) electrons. The fourth-order valence-corrected chi connectivity index (χ4v) is 6.74. The summed E-state index contributed by atoms with van der Waals surface area (Å²) in [4.78, 5) is 24.6. The molecule has 3 fully saturated rings. The number of pyridine rings is 1. The SMILES string of the molecule is C[C@H]1OCc2c1c(N)nc1cc(F)c(C(=O)N(Cc3ccc4ncsc4c3)C34CC(C3)C4)cc21. The third kappa shape index (κ3) is 2.78. The van der Waals surface area contributed by atoms with E-state index in [9.17, 15) is 4.79 Å². The van der Waals surface area contributed by atoms with Gasteiger partial charge in [-0.25, -0.2) is 14.4 Å². The average molecular weight is 475 g/mol. The van der Waals surface area contributed by atoms with Gasteiger partial charge in [0.05, 0.1) is 39.5 Å². The van der Waals surface area contributed by atoms with E-state index >= 15 is 4.39 Å². The number of anilines is 1. The molecule has 3 aliphatic carbocycles. The van der Waals surface area contributed by atoms with E-state index in [-0.39, 0.29) is 23.1 Å². The zero-order chi connectivity index (χ0) is 23.2. The summed E-state index contributed by atoms with van der Waals surface area (Å²) >= 11 is 1.58. The standard InChI is InChI=1S/C26H23FN4O2S/c1-13-23-18(11-33-13)16-5-17(19(27)6-21(16)30-24(23)28)25(32)31(26-7-15(8-26)9-26)10-14-2-3-20-22(4-14)34-12-29-20/h2-6,12-13,15H,7-11H2,1H3,(H2,28,30)/t13-,15?,26?/m1/s1. The van der Waals surface area contributed by atoms with E-state index < -0.39 is 5.82 Å². The minimum absolute atomic E-state index is 0.0874. The van der Waals surface area contributed by atoms with Crippen LogP contribution in [0.3, 0.4) is 0 Å². The van der Waals surface area contributed by atoms with E-state index in [1.807, 2.05) is 29.5 Å². The van der Waals surface area contributed by atoms with Crippen LogP contribution >= 0.6 is 11.3 Å². The van der Waals surface area contributed by atoms with Crippen molar-refractivity contribution in [2.45, 2.75) is 51.0 Å². The smallest absolute Gasteiger partial charge is 0.257 e. The Morgan fingerprint density at radius 2 is 2.09 bits per heavy atom. The zero-order valence-electron chi connectivity index (χ0n) is 18.7. The molecule has 0 unspecified atom stereocenters. The van der Waals surface area contributed by atoms with Gasteiger partial charge in [-0.3, -0.25) is 4.79 Å². The van der Waals surface area contributed by atoms with Crippen LogP contribution in [0.5, 0.6) is 0 Å². The molecular formula is C26H23FN4O2S. The first-order valence-corrected chi connectivity index (χ1v) is 12.5. The van der Waals surface area contributed by atoms with Crippen molar-refractivity contribution in [3.05, 3.63) is 63.9 Å². The fraction of sp³-hybridized carbons (Fsp3) is 0.346. The highest BCUT2D eigenvalue weighted by molar-refractivity contribution is 7.16. The molecule has 3 heterocycles. The molecule has 3 saturated carbocycles. The number of fused-ring (bicyclic) bond motifs is 4. The number of nitrogens with two attached hydrogens (primary N) is 1. The third-order valence-electron chi connectivity index (χ3n) is 7.93. The first-order valence-electron chi connectivity index (χ1n) is 11.6. The number of nitrogens with zero attached hydrogens (tertiary/aromatic N) is 3. The van der Waals surface area contributed by atoms with Crippen LogP contribution in [0, 0.1) is 11.7 Å². The number of amides is 1. The Bertz CT molecular complexity index is 1500. The van der Waals surface area contributed by atoms with Gasteiger partial charge in [-0.15, -0.1) is 11.3 Å². The highest BCUT2D eigenvalue weighted by atomic mass is 32.1. The van der Waals surface area contributed by atoms with Crippen molar-refractivity contribution in [3.8, 4) is 0 Å². The van der Waals surface area contributed by atoms with E-state index in [0.717, 1.165) is 51.6 Å². The van der Waals surface area contributed by atoms with Crippen LogP contribution in [-0.4, -0.2) is 26.3 Å². The molecule has 172 valence electrons. The molecule has 2 N–H and O–H groups in total. The van der Waals surface area contributed by atoms with Crippen LogP contribution in [0.15, 0.2) is 35.8 Å². The largest absolute Gasteiger partial charge is 0.383 e. The van der Waals surface area contributed by atoms with Crippen molar-refractivity contribution in [2.75, 3.05) is 5.73 Å². The van der Waals surface area contributed by atoms with Gasteiger partial charge in [-0.2, -0.15) is 0 Å². The van der Waals surface area contributed by atoms with E-state index in [2.05, 4.69) is 16.0 Å². The number of rotatable bonds is 4. The molecule has 8 rings (SSSR count). The summed E-state index contributed by atoms with van der Waals surface area (Å²) in [5, 5.41) is 0.738. The maximum absolute atomic E-state index is 15.4. The second kappa shape index (κ2) is 6.96. The predicted molar refractivity (Wildman–Crippen MR) is 129 cm³/mol. The lowest BCUT2D eigenvalue weighted by Crippen LogP contribution is -2.69. The maximum Gasteiger partial charge on any atom is 0.257 e. The lowest BCUT2D eigenvalue weighted by molar-refractivity contribution is -0.127. The number of hydrogen-bond donors (Lipinski definition) is 1. The Morgan fingerprint density at radius 1 is 1.26 bits per heavy atom. The number of hydrogen-bond acceptors (Lipinski definition) is 6. The minimum Gasteiger partial charge on any atom is -0.383 e. The fourth-order valence-electron chi connectivity index (χ4n) is 6.00. The molecular weight excluding hydrogens is 451 g/mol. The summed E-state index contributed by atoms with van der Waals surface area (Å²) < 4.78 is 22.2. The molecule has 0 saturated heterocycles. The summed E-state index contributed by atoms with van der Waals surface area (Å²) in [5.41, 5.74) is 12.1. The predicted octanol–water partition coefficient (Wildman–Crippen LogP) is 5.35. The molecule has 1 atom stereocenters. The zero-order valence-corrected chi connectivity index (χ0v) is 19.5. The number of carbonyl (C=O) groups is 1. The molecule has 2 aromatic heterocycles. The van der Waals surface area contributed by atoms with Gasteiger partial charge < -0.3 is 15.4 Å². The summed E-state index contributed by atoms with van der Waals surface area (Å²) in [6.07, 6.45) is 2.82. The van der Waals surface area contributed by atoms with E-state index in [1.54, 1.807) is 17.4 Å². The topological polar surface area (TPSA) is 81.3 Å². The monoisotopic (exact) mass is 474 g/mol. The molecule has 34 heavy (non-hydrogen) atoms. The van der Waals surface area contributed by atoms with Crippen molar-refractivity contribution in [1.82, 2.24) is 14.9 Å². The van der Waals surface area contributed by atoms with Crippen LogP contribution in [0.1, 0.15) is 59.3 Å². The Balaban J connectivity index is 1.31. The number of carbonyl (C=O) groups excluding carboxylic acids is 1.